The number of benzene rings is 2. The van der Waals surface area contributed by atoms with Gasteiger partial charge in [0.05, 0.1) is 5.69 Å². The summed E-state index contributed by atoms with van der Waals surface area (Å²) in [6.07, 6.45) is -0.707. The number of nitrogens with zero attached hydrogens (tertiary/aromatic N) is 1. The maximum Gasteiger partial charge on any atom is 0.144 e. The summed E-state index contributed by atoms with van der Waals surface area (Å²) < 4.78 is 60.6. The van der Waals surface area contributed by atoms with Gasteiger partial charge in [-0.2, -0.15) is 0 Å². The molecule has 0 N–H and O–H groups in total. The molecule has 0 saturated heterocycles. The first-order valence-corrected chi connectivity index (χ1v) is 8.43. The molecule has 2 nitrogen and oxygen atoms in total. The maximum absolute atomic E-state index is 13.7. The van der Waals surface area contributed by atoms with Gasteiger partial charge in [0.25, 0.3) is 0 Å². The molecule has 0 aliphatic carbocycles. The molecule has 0 unspecified atom stereocenters. The Labute approximate surface area is 159 Å². The van der Waals surface area contributed by atoms with E-state index in [1.165, 1.54) is 24.4 Å². The van der Waals surface area contributed by atoms with Gasteiger partial charge in [-0.3, -0.25) is 4.98 Å². The summed E-state index contributed by atoms with van der Waals surface area (Å²) in [5, 5.41) is 1.53. The molecule has 0 atom stereocenters. The number of fused-ring (bicyclic) bond motifs is 3. The van der Waals surface area contributed by atoms with E-state index >= 15 is 0 Å². The Hall–Kier alpha value is -2.68. The predicted octanol–water partition coefficient (Wildman–Crippen LogP) is 6.68. The van der Waals surface area contributed by atoms with Crippen LogP contribution in [-0.2, 0) is 6.37 Å². The highest BCUT2D eigenvalue weighted by Crippen LogP contribution is 2.36. The third-order valence-electron chi connectivity index (χ3n) is 4.15. The van der Waals surface area contributed by atoms with Gasteiger partial charge in [-0.05, 0) is 54.0 Å². The molecule has 2 aromatic heterocycles. The molecular weight excluding hydrogens is 325 g/mol. The number of furan rings is 1. The van der Waals surface area contributed by atoms with Gasteiger partial charge in [0, 0.05) is 35.5 Å². The molecular formula is C23H22FNO. The van der Waals surface area contributed by atoms with Crippen LogP contribution in [-0.4, -0.2) is 4.98 Å². The van der Waals surface area contributed by atoms with E-state index in [2.05, 4.69) is 4.98 Å². The largest absolute Gasteiger partial charge is 0.455 e. The zero-order valence-corrected chi connectivity index (χ0v) is 14.9. The van der Waals surface area contributed by atoms with Crippen LogP contribution in [0.2, 0.25) is 0 Å². The first kappa shape index (κ1) is 11.8. The minimum atomic E-state index is -2.51. The molecule has 0 fully saturated rings. The molecule has 0 radical (unpaired) electrons. The minimum Gasteiger partial charge on any atom is -0.455 e. The van der Waals surface area contributed by atoms with E-state index in [0.717, 1.165) is 10.8 Å². The Bertz CT molecular complexity index is 1300. The smallest absolute Gasteiger partial charge is 0.144 e. The number of aryl methyl sites for hydroxylation is 1. The summed E-state index contributed by atoms with van der Waals surface area (Å²) in [6, 6.07) is 11.3. The lowest BCUT2D eigenvalue weighted by atomic mass is 9.86. The Morgan fingerprint density at radius 1 is 1.15 bits per heavy atom. The quantitative estimate of drug-likeness (QED) is 0.402. The average molecular weight is 352 g/mol. The summed E-state index contributed by atoms with van der Waals surface area (Å²) in [4.78, 5) is 4.35. The van der Waals surface area contributed by atoms with E-state index in [-0.39, 0.29) is 11.1 Å². The number of halogens is 1. The lowest BCUT2D eigenvalue weighted by molar-refractivity contribution is 0.410. The fraction of sp³-hybridized carbons (Fsp3) is 0.261. The van der Waals surface area contributed by atoms with E-state index in [1.54, 1.807) is 32.9 Å². The summed E-state index contributed by atoms with van der Waals surface area (Å²) in [7, 11) is 0. The number of hydrogen-bond acceptors (Lipinski definition) is 2. The predicted molar refractivity (Wildman–Crippen MR) is 105 cm³/mol. The van der Waals surface area contributed by atoms with Crippen molar-refractivity contribution in [1.82, 2.24) is 4.98 Å². The van der Waals surface area contributed by atoms with Crippen LogP contribution in [0.3, 0.4) is 0 Å². The van der Waals surface area contributed by atoms with Crippen LogP contribution in [0.15, 0.2) is 53.1 Å². The van der Waals surface area contributed by atoms with Gasteiger partial charge in [-0.1, -0.05) is 32.9 Å². The standard InChI is InChI=1S/C23H22FNO/c1-14-13-25-20(10-15(14)12-23(2,3)4)19-7-5-6-18-17-9-8-16(24)11-21(17)26-22(18)19/h5-11,13H,12H2,1-4H3/i1D3,12D2. The lowest BCUT2D eigenvalue weighted by Crippen LogP contribution is -2.10. The molecule has 3 heteroatoms. The van der Waals surface area contributed by atoms with Crippen molar-refractivity contribution in [2.75, 3.05) is 0 Å². The second kappa shape index (κ2) is 5.94. The van der Waals surface area contributed by atoms with Crippen LogP contribution >= 0.6 is 0 Å². The van der Waals surface area contributed by atoms with E-state index in [9.17, 15) is 4.39 Å². The van der Waals surface area contributed by atoms with Crippen molar-refractivity contribution in [2.45, 2.75) is 34.0 Å². The fourth-order valence-corrected chi connectivity index (χ4v) is 3.08. The van der Waals surface area contributed by atoms with Crippen molar-refractivity contribution in [1.29, 1.82) is 0 Å². The van der Waals surface area contributed by atoms with E-state index in [0.29, 0.717) is 22.4 Å². The third-order valence-corrected chi connectivity index (χ3v) is 4.15. The van der Waals surface area contributed by atoms with Crippen molar-refractivity contribution in [3.63, 3.8) is 0 Å². The Kier molecular flexibility index (Phi) is 2.71. The highest BCUT2D eigenvalue weighted by atomic mass is 19.1. The molecule has 26 heavy (non-hydrogen) atoms. The van der Waals surface area contributed by atoms with Gasteiger partial charge in [0.15, 0.2) is 0 Å². The first-order valence-electron chi connectivity index (χ1n) is 10.9. The summed E-state index contributed by atoms with van der Waals surface area (Å²) in [6.45, 7) is 2.67. The van der Waals surface area contributed by atoms with Gasteiger partial charge in [0.2, 0.25) is 0 Å². The number of aromatic nitrogens is 1. The topological polar surface area (TPSA) is 26.0 Å². The van der Waals surface area contributed by atoms with Crippen molar-refractivity contribution < 1.29 is 15.7 Å². The van der Waals surface area contributed by atoms with Crippen LogP contribution in [0.4, 0.5) is 4.39 Å². The molecule has 2 aromatic carbocycles. The lowest BCUT2D eigenvalue weighted by Gasteiger charge is -2.20. The second-order valence-electron chi connectivity index (χ2n) is 7.41. The molecule has 0 spiro atoms. The first-order chi connectivity index (χ1) is 14.3. The summed E-state index contributed by atoms with van der Waals surface area (Å²) in [5.41, 5.74) is 0.957. The van der Waals surface area contributed by atoms with E-state index < -0.39 is 24.5 Å². The van der Waals surface area contributed by atoms with Crippen molar-refractivity contribution in [3.8, 4) is 11.3 Å². The molecule has 0 bridgehead atoms. The summed E-state index contributed by atoms with van der Waals surface area (Å²) >= 11 is 0. The number of pyridine rings is 1. The summed E-state index contributed by atoms with van der Waals surface area (Å²) in [5.74, 6) is -0.408. The molecule has 132 valence electrons. The van der Waals surface area contributed by atoms with Crippen molar-refractivity contribution >= 4 is 21.9 Å². The monoisotopic (exact) mass is 352 g/mol. The third kappa shape index (κ3) is 2.98. The zero-order chi connectivity index (χ0) is 22.8. The Morgan fingerprint density at radius 2 is 2.00 bits per heavy atom. The molecule has 0 saturated carbocycles. The SMILES string of the molecule is [2H]C([2H])([2H])c1cnc(-c2cccc3c2oc2cc(F)ccc23)cc1C([2H])([2H])C(C)(C)C. The normalized spacial score (nSPS) is 16.1. The van der Waals surface area contributed by atoms with Gasteiger partial charge in [-0.25, -0.2) is 4.39 Å². The molecule has 4 rings (SSSR count). The average Bonchev–Trinajstić information content (AvgIpc) is 3.03. The zero-order valence-electron chi connectivity index (χ0n) is 19.9. The highest BCUT2D eigenvalue weighted by molar-refractivity contribution is 6.09. The number of hydrogen-bond donors (Lipinski definition) is 0. The fourth-order valence-electron chi connectivity index (χ4n) is 3.08. The van der Waals surface area contributed by atoms with E-state index in [4.69, 9.17) is 11.3 Å². The van der Waals surface area contributed by atoms with Crippen LogP contribution in [0, 0.1) is 18.1 Å². The van der Waals surface area contributed by atoms with Crippen LogP contribution in [0.25, 0.3) is 33.2 Å². The molecule has 0 aliphatic rings. The van der Waals surface area contributed by atoms with Gasteiger partial charge >= 0.3 is 0 Å². The van der Waals surface area contributed by atoms with Gasteiger partial charge in [0.1, 0.15) is 17.0 Å². The van der Waals surface area contributed by atoms with Crippen molar-refractivity contribution in [3.05, 3.63) is 65.6 Å². The molecule has 0 aliphatic heterocycles. The van der Waals surface area contributed by atoms with Gasteiger partial charge in [-0.15, -0.1) is 0 Å². The number of para-hydroxylation sites is 1. The Morgan fingerprint density at radius 3 is 2.77 bits per heavy atom. The minimum absolute atomic E-state index is 0.0733. The highest BCUT2D eigenvalue weighted by Gasteiger charge is 2.17. The second-order valence-corrected chi connectivity index (χ2v) is 7.41. The van der Waals surface area contributed by atoms with Crippen LogP contribution in [0.1, 0.15) is 38.8 Å². The van der Waals surface area contributed by atoms with Crippen LogP contribution in [0.5, 0.6) is 0 Å². The van der Waals surface area contributed by atoms with E-state index in [1.807, 2.05) is 12.1 Å². The number of rotatable bonds is 2. The van der Waals surface area contributed by atoms with Crippen LogP contribution < -0.4 is 0 Å². The Balaban J connectivity index is 2.00. The van der Waals surface area contributed by atoms with Gasteiger partial charge < -0.3 is 4.42 Å². The molecule has 4 aromatic rings. The molecule has 2 heterocycles. The molecule has 0 amide bonds. The maximum atomic E-state index is 13.7. The van der Waals surface area contributed by atoms with Crippen molar-refractivity contribution in [2.24, 2.45) is 5.41 Å².